The quantitative estimate of drug-likeness (QED) is 0.0725. The molecule has 7 heterocycles. The molecule has 0 aliphatic rings. The summed E-state index contributed by atoms with van der Waals surface area (Å²) in [5.41, 5.74) is 14.0. The summed E-state index contributed by atoms with van der Waals surface area (Å²) < 4.78 is 16.2. The van der Waals surface area contributed by atoms with E-state index >= 15 is 0 Å². The van der Waals surface area contributed by atoms with Gasteiger partial charge in [0.15, 0.2) is 23.0 Å². The highest BCUT2D eigenvalue weighted by Crippen LogP contribution is 2.44. The van der Waals surface area contributed by atoms with Crippen molar-refractivity contribution < 1.29 is 9.47 Å². The maximum atomic E-state index is 11.9. The molecule has 70 heavy (non-hydrogen) atoms. The van der Waals surface area contributed by atoms with Crippen LogP contribution in [0.15, 0.2) is 119 Å². The smallest absolute Gasteiger partial charge is 0.328 e. The number of rotatable bonds is 10. The number of nitrogens with zero attached hydrogens (tertiary/aromatic N) is 5. The van der Waals surface area contributed by atoms with Gasteiger partial charge in [0.05, 0.1) is 41.6 Å². The number of hydrogen-bond acceptors (Lipinski definition) is 8. The highest BCUT2D eigenvalue weighted by Gasteiger charge is 2.20. The van der Waals surface area contributed by atoms with Gasteiger partial charge in [0.1, 0.15) is 11.8 Å². The van der Waals surface area contributed by atoms with Crippen molar-refractivity contribution in [2.45, 2.75) is 25.9 Å². The average Bonchev–Trinajstić information content (AvgIpc) is 4.18. The molecular weight excluding hydrogens is 972 g/mol. The van der Waals surface area contributed by atoms with Crippen molar-refractivity contribution in [2.24, 2.45) is 0 Å². The minimum absolute atomic E-state index is 0.367. The Kier molecular flexibility index (Phi) is 10.8. The van der Waals surface area contributed by atoms with E-state index in [0.717, 1.165) is 105 Å². The third kappa shape index (κ3) is 7.67. The molecule has 0 saturated heterocycles. The van der Waals surface area contributed by atoms with Crippen LogP contribution in [0.3, 0.4) is 0 Å². The second-order valence-corrected chi connectivity index (χ2v) is 18.7. The zero-order chi connectivity index (χ0) is 47.8. The fourth-order valence-corrected chi connectivity index (χ4v) is 10.1. The second kappa shape index (κ2) is 17.4. The molecule has 19 heteroatoms. The summed E-state index contributed by atoms with van der Waals surface area (Å²) in [6.07, 6.45) is 5.95. The molecule has 0 bridgehead atoms. The summed E-state index contributed by atoms with van der Waals surface area (Å²) in [6, 6.07) is 28.8. The Morgan fingerprint density at radius 2 is 0.929 bits per heavy atom. The topological polar surface area (TPSA) is 206 Å². The van der Waals surface area contributed by atoms with Crippen molar-refractivity contribution >= 4 is 151 Å². The summed E-state index contributed by atoms with van der Waals surface area (Å²) in [5.74, 6) is 1.87. The van der Waals surface area contributed by atoms with Gasteiger partial charge in [0, 0.05) is 111 Å². The number of aryl methyl sites for hydroxylation is 2. The van der Waals surface area contributed by atoms with Gasteiger partial charge in [-0.25, -0.2) is 19.7 Å². The fraction of sp³-hybridized carbons (Fsp3) is 0.118. The Morgan fingerprint density at radius 3 is 1.36 bits per heavy atom. The number of nitrogens with one attached hydrogen (secondary N) is 5. The number of fused-ring (bicyclic) bond motifs is 13. The second-order valence-electron chi connectivity index (χ2n) is 16.9. The lowest BCUT2D eigenvalue weighted by atomic mass is 10.1. The minimum atomic E-state index is -0.433. The van der Waals surface area contributed by atoms with E-state index in [9.17, 15) is 9.59 Å². The maximum Gasteiger partial charge on any atom is 0.328 e. The number of nitrogens with two attached hydrogens (primary N) is 1. The summed E-state index contributed by atoms with van der Waals surface area (Å²) in [5, 5.41) is 10.9. The molecule has 348 valence electrons. The number of benzene rings is 6. The molecule has 13 rings (SSSR count). The number of H-pyrrole nitrogens is 5. The molecule has 0 atom stereocenters. The van der Waals surface area contributed by atoms with Crippen LogP contribution in [-0.4, -0.2) is 62.2 Å². The fourth-order valence-electron chi connectivity index (χ4n) is 9.43. The van der Waals surface area contributed by atoms with E-state index in [2.05, 4.69) is 52.0 Å². The SMILES string of the molecule is Nc1ncnc2ncn(CCCOc3c4[nH]c5ccc(Cl)cc5c4cc4c3[nH]c3ccc(Cl)cc34)c12.O=c1ccn(CCCOc2c3[nH]c4ccc(Cl)cc4c3cc3c2[nH]c2ccc(Cl)cc23)c(=O)[nH]1. The highest BCUT2D eigenvalue weighted by atomic mass is 35.5. The molecule has 0 spiro atoms. The van der Waals surface area contributed by atoms with Crippen molar-refractivity contribution in [3.63, 3.8) is 0 Å². The molecule has 0 aliphatic heterocycles. The predicted molar refractivity (Wildman–Crippen MR) is 282 cm³/mol. The van der Waals surface area contributed by atoms with Crippen LogP contribution in [0, 0.1) is 0 Å². The normalized spacial score (nSPS) is 11.9. The molecule has 0 amide bonds. The Labute approximate surface area is 414 Å². The molecule has 0 aliphatic carbocycles. The molecule has 7 N–H and O–H groups in total. The van der Waals surface area contributed by atoms with Gasteiger partial charge in [-0.1, -0.05) is 46.4 Å². The lowest BCUT2D eigenvalue weighted by Gasteiger charge is -2.10. The number of imidazole rings is 1. The molecule has 0 unspecified atom stereocenters. The molecule has 0 saturated carbocycles. The van der Waals surface area contributed by atoms with Crippen LogP contribution in [0.4, 0.5) is 5.82 Å². The first-order valence-corrected chi connectivity index (χ1v) is 23.7. The lowest BCUT2D eigenvalue weighted by molar-refractivity contribution is 0.306. The van der Waals surface area contributed by atoms with Gasteiger partial charge in [0.2, 0.25) is 0 Å². The Hall–Kier alpha value is -7.69. The van der Waals surface area contributed by atoms with Crippen LogP contribution in [-0.2, 0) is 13.1 Å². The van der Waals surface area contributed by atoms with Gasteiger partial charge in [-0.3, -0.25) is 9.78 Å². The molecule has 6 aromatic carbocycles. The van der Waals surface area contributed by atoms with E-state index in [1.807, 2.05) is 77.4 Å². The number of hydrogen-bond donors (Lipinski definition) is 6. The largest absolute Gasteiger partial charge is 0.489 e. The van der Waals surface area contributed by atoms with Gasteiger partial charge in [-0.05, 0) is 97.8 Å². The number of anilines is 1. The number of halogens is 4. The van der Waals surface area contributed by atoms with Gasteiger partial charge in [-0.15, -0.1) is 0 Å². The highest BCUT2D eigenvalue weighted by molar-refractivity contribution is 6.34. The molecule has 7 aromatic heterocycles. The average molecular weight is 1010 g/mol. The first kappa shape index (κ1) is 43.6. The summed E-state index contributed by atoms with van der Waals surface area (Å²) in [7, 11) is 0. The van der Waals surface area contributed by atoms with Gasteiger partial charge < -0.3 is 44.3 Å². The van der Waals surface area contributed by atoms with Crippen LogP contribution < -0.4 is 26.5 Å². The van der Waals surface area contributed by atoms with Gasteiger partial charge in [0.25, 0.3) is 5.56 Å². The van der Waals surface area contributed by atoms with Gasteiger partial charge >= 0.3 is 5.69 Å². The van der Waals surface area contributed by atoms with Crippen molar-refractivity contribution in [1.29, 1.82) is 0 Å². The Bertz CT molecular complexity index is 4170. The van der Waals surface area contributed by atoms with E-state index in [4.69, 9.17) is 61.6 Å². The molecule has 0 fully saturated rings. The van der Waals surface area contributed by atoms with Crippen LogP contribution >= 0.6 is 46.4 Å². The zero-order valence-electron chi connectivity index (χ0n) is 36.6. The third-order valence-electron chi connectivity index (χ3n) is 12.6. The number of aromatic amines is 5. The number of aromatic nitrogens is 10. The van der Waals surface area contributed by atoms with Crippen LogP contribution in [0.2, 0.25) is 20.1 Å². The van der Waals surface area contributed by atoms with Gasteiger partial charge in [-0.2, -0.15) is 0 Å². The van der Waals surface area contributed by atoms with E-state index in [1.165, 1.54) is 23.2 Å². The standard InChI is InChI=1S/C26H19Cl2N7O.C25H18Cl2N4O3/c27-13-2-4-19-15(8-13)17-10-18-16-9-14(28)3-5-20(16)34-22(18)24(21(17)33-19)36-7-1-6-35-12-32-26-23(35)25(29)30-11-31-26;26-13-2-4-19-15(10-13)17-12-18-16-11-14(27)3-5-20(16)29-23(18)24(22(17)28-19)34-9-1-7-31-8-6-21(32)30-25(31)33/h2-5,8-12,33-34H,1,6-7H2,(H2,29,30,31);2-6,8,10-12,28-29H,1,7,9H2,(H,30,32,33). The number of ether oxygens (including phenoxy) is 2. The monoisotopic (exact) mass is 1010 g/mol. The lowest BCUT2D eigenvalue weighted by Crippen LogP contribution is -2.29. The number of nitrogen functional groups attached to an aromatic ring is 1. The molecule has 13 aromatic rings. The van der Waals surface area contributed by atoms with Crippen LogP contribution in [0.5, 0.6) is 11.5 Å². The van der Waals surface area contributed by atoms with Crippen molar-refractivity contribution in [3.05, 3.63) is 151 Å². The van der Waals surface area contributed by atoms with Crippen molar-refractivity contribution in [1.82, 2.24) is 49.0 Å². The minimum Gasteiger partial charge on any atom is -0.489 e. The predicted octanol–water partition coefficient (Wildman–Crippen LogP) is 12.0. The summed E-state index contributed by atoms with van der Waals surface area (Å²) >= 11 is 25.3. The van der Waals surface area contributed by atoms with Crippen LogP contribution in [0.25, 0.3) is 98.4 Å². The van der Waals surface area contributed by atoms with Crippen molar-refractivity contribution in [2.75, 3.05) is 18.9 Å². The first-order valence-electron chi connectivity index (χ1n) is 22.2. The molecule has 15 nitrogen and oxygen atoms in total. The van der Waals surface area contributed by atoms with Crippen molar-refractivity contribution in [3.8, 4) is 11.5 Å². The maximum absolute atomic E-state index is 11.9. The van der Waals surface area contributed by atoms with E-state index in [-0.39, 0.29) is 0 Å². The Morgan fingerprint density at radius 1 is 0.500 bits per heavy atom. The molecular formula is C51H37Cl4N11O4. The summed E-state index contributed by atoms with van der Waals surface area (Å²) in [6.45, 7) is 1.93. The van der Waals surface area contributed by atoms with E-state index in [1.54, 1.807) is 6.33 Å². The Balaban J connectivity index is 0.000000144. The van der Waals surface area contributed by atoms with E-state index < -0.39 is 11.2 Å². The summed E-state index contributed by atoms with van der Waals surface area (Å²) in [4.78, 5) is 52.1. The molecule has 0 radical (unpaired) electrons. The van der Waals surface area contributed by atoms with Crippen LogP contribution in [0.1, 0.15) is 12.8 Å². The third-order valence-corrected chi connectivity index (χ3v) is 13.5. The van der Waals surface area contributed by atoms with E-state index in [0.29, 0.717) is 70.0 Å². The zero-order valence-corrected chi connectivity index (χ0v) is 39.6. The first-order chi connectivity index (χ1) is 34.0.